The van der Waals surface area contributed by atoms with Crippen LogP contribution in [0.25, 0.3) is 0 Å². The lowest BCUT2D eigenvalue weighted by atomic mass is 9.95. The zero-order valence-corrected chi connectivity index (χ0v) is 12.2. The van der Waals surface area contributed by atoms with E-state index >= 15 is 0 Å². The highest BCUT2D eigenvalue weighted by Crippen LogP contribution is 2.20. The molecule has 2 aliphatic rings. The van der Waals surface area contributed by atoms with Crippen LogP contribution in [-0.2, 0) is 4.74 Å². The highest BCUT2D eigenvalue weighted by molar-refractivity contribution is 4.78. The highest BCUT2D eigenvalue weighted by atomic mass is 16.5. The average Bonchev–Trinajstić information content (AvgIpc) is 2.88. The zero-order chi connectivity index (χ0) is 12.8. The van der Waals surface area contributed by atoms with Crippen LogP contribution in [0, 0.1) is 5.92 Å². The smallest absolute Gasteiger partial charge is 0.0612 e. The molecule has 2 aliphatic heterocycles. The molecule has 2 saturated heterocycles. The van der Waals surface area contributed by atoms with E-state index in [1.54, 1.807) is 0 Å². The fourth-order valence-corrected chi connectivity index (χ4v) is 3.09. The Morgan fingerprint density at radius 2 is 2.06 bits per heavy atom. The number of nitrogens with one attached hydrogen (secondary N) is 1. The summed E-state index contributed by atoms with van der Waals surface area (Å²) in [6.07, 6.45) is 6.96. The molecular formula is C15H30N2O. The highest BCUT2D eigenvalue weighted by Gasteiger charge is 2.24. The van der Waals surface area contributed by atoms with Crippen LogP contribution >= 0.6 is 0 Å². The summed E-state index contributed by atoms with van der Waals surface area (Å²) in [6.45, 7) is 10.6. The van der Waals surface area contributed by atoms with Crippen LogP contribution in [0.15, 0.2) is 0 Å². The van der Waals surface area contributed by atoms with Gasteiger partial charge in [0.25, 0.3) is 0 Å². The minimum Gasteiger partial charge on any atom is -0.378 e. The second kappa shape index (κ2) is 7.46. The number of likely N-dealkylation sites (tertiary alicyclic amines) is 1. The predicted molar refractivity (Wildman–Crippen MR) is 75.9 cm³/mol. The third kappa shape index (κ3) is 4.52. The van der Waals surface area contributed by atoms with E-state index in [1.165, 1.54) is 58.3 Å². The number of ether oxygens (including phenoxy) is 1. The Balaban J connectivity index is 1.55. The van der Waals surface area contributed by atoms with Gasteiger partial charge in [-0.05, 0) is 64.2 Å². The zero-order valence-electron chi connectivity index (χ0n) is 12.2. The fourth-order valence-electron chi connectivity index (χ4n) is 3.09. The maximum Gasteiger partial charge on any atom is 0.0612 e. The molecule has 2 fully saturated rings. The number of rotatable bonds is 6. The van der Waals surface area contributed by atoms with Crippen LogP contribution in [0.2, 0.25) is 0 Å². The minimum atomic E-state index is 0.467. The Bertz CT molecular complexity index is 227. The molecule has 2 unspecified atom stereocenters. The standard InChI is InChI=1S/C15H30N2O/c1-13(2)15-12-14(6-11-18-15)16-7-5-10-17-8-3-4-9-17/h13-16H,3-12H2,1-2H3. The summed E-state index contributed by atoms with van der Waals surface area (Å²) in [5.41, 5.74) is 0. The lowest BCUT2D eigenvalue weighted by Crippen LogP contribution is -2.41. The van der Waals surface area contributed by atoms with Crippen LogP contribution in [0.5, 0.6) is 0 Å². The second-order valence-electron chi connectivity index (χ2n) is 6.23. The van der Waals surface area contributed by atoms with Crippen LogP contribution in [0.4, 0.5) is 0 Å². The van der Waals surface area contributed by atoms with Gasteiger partial charge in [0.1, 0.15) is 0 Å². The molecule has 0 saturated carbocycles. The van der Waals surface area contributed by atoms with Gasteiger partial charge in [-0.15, -0.1) is 0 Å². The first-order chi connectivity index (χ1) is 8.75. The van der Waals surface area contributed by atoms with Gasteiger partial charge in [0.05, 0.1) is 6.10 Å². The average molecular weight is 254 g/mol. The fraction of sp³-hybridized carbons (Fsp3) is 1.00. The molecule has 106 valence electrons. The lowest BCUT2D eigenvalue weighted by molar-refractivity contribution is -0.0243. The van der Waals surface area contributed by atoms with Gasteiger partial charge in [-0.2, -0.15) is 0 Å². The molecular weight excluding hydrogens is 224 g/mol. The van der Waals surface area contributed by atoms with E-state index in [4.69, 9.17) is 4.74 Å². The summed E-state index contributed by atoms with van der Waals surface area (Å²) in [5.74, 6) is 0.652. The van der Waals surface area contributed by atoms with Crippen molar-refractivity contribution in [1.82, 2.24) is 10.2 Å². The van der Waals surface area contributed by atoms with Crippen LogP contribution in [0.3, 0.4) is 0 Å². The van der Waals surface area contributed by atoms with E-state index in [0.29, 0.717) is 18.1 Å². The van der Waals surface area contributed by atoms with Crippen molar-refractivity contribution >= 4 is 0 Å². The third-order valence-corrected chi connectivity index (χ3v) is 4.34. The molecule has 0 aromatic rings. The van der Waals surface area contributed by atoms with Gasteiger partial charge in [0, 0.05) is 12.6 Å². The lowest BCUT2D eigenvalue weighted by Gasteiger charge is -2.32. The van der Waals surface area contributed by atoms with Gasteiger partial charge in [-0.3, -0.25) is 0 Å². The van der Waals surface area contributed by atoms with Gasteiger partial charge < -0.3 is 15.0 Å². The first-order valence-corrected chi connectivity index (χ1v) is 7.83. The van der Waals surface area contributed by atoms with Crippen molar-refractivity contribution in [3.63, 3.8) is 0 Å². The second-order valence-corrected chi connectivity index (χ2v) is 6.23. The normalized spacial score (nSPS) is 30.2. The van der Waals surface area contributed by atoms with E-state index in [0.717, 1.165) is 6.61 Å². The largest absolute Gasteiger partial charge is 0.378 e. The predicted octanol–water partition coefficient (Wildman–Crippen LogP) is 2.27. The Morgan fingerprint density at radius 3 is 2.78 bits per heavy atom. The Morgan fingerprint density at radius 1 is 1.28 bits per heavy atom. The molecule has 0 amide bonds. The molecule has 0 bridgehead atoms. The molecule has 2 atom stereocenters. The summed E-state index contributed by atoms with van der Waals surface area (Å²) in [5, 5.41) is 3.72. The van der Waals surface area contributed by atoms with Gasteiger partial charge in [0.15, 0.2) is 0 Å². The van der Waals surface area contributed by atoms with Crippen molar-refractivity contribution in [2.24, 2.45) is 5.92 Å². The van der Waals surface area contributed by atoms with E-state index in [9.17, 15) is 0 Å². The van der Waals surface area contributed by atoms with Crippen molar-refractivity contribution in [2.45, 2.75) is 58.1 Å². The molecule has 3 nitrogen and oxygen atoms in total. The van der Waals surface area contributed by atoms with Crippen molar-refractivity contribution in [3.05, 3.63) is 0 Å². The third-order valence-electron chi connectivity index (χ3n) is 4.34. The molecule has 18 heavy (non-hydrogen) atoms. The van der Waals surface area contributed by atoms with Crippen molar-refractivity contribution in [3.8, 4) is 0 Å². The topological polar surface area (TPSA) is 24.5 Å². The van der Waals surface area contributed by atoms with Crippen molar-refractivity contribution in [1.29, 1.82) is 0 Å². The first kappa shape index (κ1) is 14.3. The summed E-state index contributed by atoms with van der Waals surface area (Å²) >= 11 is 0. The summed E-state index contributed by atoms with van der Waals surface area (Å²) < 4.78 is 5.81. The molecule has 0 aromatic carbocycles. The van der Waals surface area contributed by atoms with E-state index in [-0.39, 0.29) is 0 Å². The van der Waals surface area contributed by atoms with Crippen LogP contribution < -0.4 is 5.32 Å². The van der Waals surface area contributed by atoms with Gasteiger partial charge >= 0.3 is 0 Å². The quantitative estimate of drug-likeness (QED) is 0.736. The van der Waals surface area contributed by atoms with Crippen LogP contribution in [-0.4, -0.2) is 49.8 Å². The van der Waals surface area contributed by atoms with E-state index in [2.05, 4.69) is 24.1 Å². The van der Waals surface area contributed by atoms with Gasteiger partial charge in [-0.1, -0.05) is 13.8 Å². The summed E-state index contributed by atoms with van der Waals surface area (Å²) in [4.78, 5) is 2.60. The number of hydrogen-bond acceptors (Lipinski definition) is 3. The SMILES string of the molecule is CC(C)C1CC(NCCCN2CCCC2)CCO1. The van der Waals surface area contributed by atoms with Crippen LogP contribution in [0.1, 0.15) is 46.0 Å². The van der Waals surface area contributed by atoms with Crippen molar-refractivity contribution in [2.75, 3.05) is 32.8 Å². The summed E-state index contributed by atoms with van der Waals surface area (Å²) in [6, 6.07) is 0.685. The maximum atomic E-state index is 5.81. The molecule has 3 heteroatoms. The first-order valence-electron chi connectivity index (χ1n) is 7.83. The molecule has 0 aliphatic carbocycles. The Labute approximate surface area is 112 Å². The van der Waals surface area contributed by atoms with E-state index in [1.807, 2.05) is 0 Å². The van der Waals surface area contributed by atoms with Gasteiger partial charge in [-0.25, -0.2) is 0 Å². The summed E-state index contributed by atoms with van der Waals surface area (Å²) in [7, 11) is 0. The Kier molecular flexibility index (Phi) is 5.93. The number of hydrogen-bond donors (Lipinski definition) is 1. The molecule has 1 N–H and O–H groups in total. The molecule has 0 aromatic heterocycles. The molecule has 0 spiro atoms. The maximum absolute atomic E-state index is 5.81. The van der Waals surface area contributed by atoms with Crippen molar-refractivity contribution < 1.29 is 4.74 Å². The molecule has 0 radical (unpaired) electrons. The Hall–Kier alpha value is -0.120. The monoisotopic (exact) mass is 254 g/mol. The van der Waals surface area contributed by atoms with E-state index < -0.39 is 0 Å². The number of nitrogens with zero attached hydrogens (tertiary/aromatic N) is 1. The molecule has 2 rings (SSSR count). The minimum absolute atomic E-state index is 0.467. The molecule has 2 heterocycles. The van der Waals surface area contributed by atoms with Gasteiger partial charge in [0.2, 0.25) is 0 Å².